The molecule has 1 unspecified atom stereocenters. The van der Waals surface area contributed by atoms with Crippen molar-refractivity contribution in [1.82, 2.24) is 15.0 Å². The number of thioether (sulfide) groups is 1. The minimum atomic E-state index is -2.94. The number of nitrogen functional groups attached to an aromatic ring is 1. The molecule has 0 bridgehead atoms. The fraction of sp³-hybridized carbons (Fsp3) is 0.154. The van der Waals surface area contributed by atoms with Crippen molar-refractivity contribution in [3.8, 4) is 0 Å². The van der Waals surface area contributed by atoms with Gasteiger partial charge in [0.2, 0.25) is 0 Å². The van der Waals surface area contributed by atoms with E-state index in [9.17, 15) is 13.6 Å². The van der Waals surface area contributed by atoms with Gasteiger partial charge < -0.3 is 10.7 Å². The molecule has 0 saturated carbocycles. The lowest BCUT2D eigenvalue weighted by molar-refractivity contribution is 0.104. The summed E-state index contributed by atoms with van der Waals surface area (Å²) in [5.41, 5.74) is 3.44. The minimum absolute atomic E-state index is 0.0675. The number of hydrogen-bond donors (Lipinski definition) is 2. The van der Waals surface area contributed by atoms with Crippen LogP contribution in [0.3, 0.4) is 0 Å². The van der Waals surface area contributed by atoms with Crippen molar-refractivity contribution in [1.29, 1.82) is 0 Å². The van der Waals surface area contributed by atoms with Crippen molar-refractivity contribution < 1.29 is 8.78 Å². The van der Waals surface area contributed by atoms with Gasteiger partial charge in [0.1, 0.15) is 4.70 Å². The van der Waals surface area contributed by atoms with Crippen LogP contribution in [0.2, 0.25) is 0 Å². The highest BCUT2D eigenvalue weighted by atomic mass is 32.2. The molecule has 5 nitrogen and oxygen atoms in total. The first-order valence-corrected chi connectivity index (χ1v) is 8.76. The number of nitrogens with two attached hydrogens (primary N) is 1. The first kappa shape index (κ1) is 16.3. The summed E-state index contributed by atoms with van der Waals surface area (Å²) in [7, 11) is 1.51. The Hall–Kier alpha value is -1.57. The van der Waals surface area contributed by atoms with E-state index in [2.05, 4.69) is 15.0 Å². The Morgan fingerprint density at radius 1 is 1.30 bits per heavy atom. The van der Waals surface area contributed by atoms with E-state index >= 15 is 0 Å². The number of nitrogens with one attached hydrogen (secondary N) is 1. The first-order valence-electron chi connectivity index (χ1n) is 6.38. The molecule has 0 radical (unpaired) electrons. The number of rotatable bonds is 4. The van der Waals surface area contributed by atoms with Crippen LogP contribution < -0.4 is 11.3 Å². The Balaban J connectivity index is 1.77. The van der Waals surface area contributed by atoms with Crippen molar-refractivity contribution in [2.45, 2.75) is 16.6 Å². The van der Waals surface area contributed by atoms with Gasteiger partial charge in [-0.3, -0.25) is 4.79 Å². The lowest BCUT2D eigenvalue weighted by Crippen LogP contribution is -2.07. The van der Waals surface area contributed by atoms with Crippen LogP contribution in [0.15, 0.2) is 34.2 Å². The van der Waals surface area contributed by atoms with E-state index in [1.807, 2.05) is 0 Å². The second-order valence-electron chi connectivity index (χ2n) is 4.68. The molecule has 3 N–H and O–H groups in total. The summed E-state index contributed by atoms with van der Waals surface area (Å²) in [5.74, 6) is 0.483. The first-order chi connectivity index (χ1) is 10.8. The number of thiazole rings is 1. The number of nitrogens with zero attached hydrogens (tertiary/aromatic N) is 2. The molecule has 23 heavy (non-hydrogen) atoms. The summed E-state index contributed by atoms with van der Waals surface area (Å²) in [6.45, 7) is 0. The summed E-state index contributed by atoms with van der Waals surface area (Å²) in [4.78, 5) is 22.8. The van der Waals surface area contributed by atoms with Crippen molar-refractivity contribution >= 4 is 47.8 Å². The van der Waals surface area contributed by atoms with E-state index in [4.69, 9.17) is 5.73 Å². The molecule has 0 aliphatic carbocycles. The molecule has 0 saturated heterocycles. The smallest absolute Gasteiger partial charge is 0.283 e. The predicted molar refractivity (Wildman–Crippen MR) is 92.1 cm³/mol. The fourth-order valence-electron chi connectivity index (χ4n) is 1.87. The highest BCUT2D eigenvalue weighted by molar-refractivity contribution is 7.98. The molecule has 1 atom stereocenters. The van der Waals surface area contributed by atoms with Crippen LogP contribution in [-0.2, 0) is 11.4 Å². The third kappa shape index (κ3) is 3.68. The van der Waals surface area contributed by atoms with Gasteiger partial charge in [0.25, 0.3) is 11.2 Å². The van der Waals surface area contributed by atoms with Crippen molar-refractivity contribution in [2.75, 3.05) is 5.73 Å². The summed E-state index contributed by atoms with van der Waals surface area (Å²) in [5, 5.41) is 0.697. The monoisotopic (exact) mass is 372 g/mol. The lowest BCUT2D eigenvalue weighted by atomic mass is 10.1. The van der Waals surface area contributed by atoms with E-state index < -0.39 is 5.66 Å². The van der Waals surface area contributed by atoms with E-state index in [1.54, 1.807) is 12.1 Å². The normalized spacial score (nSPS) is 12.0. The van der Waals surface area contributed by atoms with Crippen LogP contribution in [-0.4, -0.2) is 15.0 Å². The molecule has 2 heterocycles. The van der Waals surface area contributed by atoms with Crippen molar-refractivity contribution in [2.24, 2.45) is 0 Å². The molecule has 0 amide bonds. The van der Waals surface area contributed by atoms with Gasteiger partial charge in [0.05, 0.1) is 0 Å². The Morgan fingerprint density at radius 2 is 2.00 bits per heavy atom. The molecule has 120 valence electrons. The zero-order chi connectivity index (χ0) is 16.6. The molecule has 3 rings (SSSR count). The van der Waals surface area contributed by atoms with Crippen LogP contribution >= 0.6 is 32.3 Å². The third-order valence-electron chi connectivity index (χ3n) is 2.97. The van der Waals surface area contributed by atoms with Crippen LogP contribution in [0.4, 0.5) is 13.9 Å². The lowest BCUT2D eigenvalue weighted by Gasteiger charge is -2.10. The number of aromatic nitrogens is 3. The van der Waals surface area contributed by atoms with E-state index in [0.717, 1.165) is 16.9 Å². The Bertz CT molecular complexity index is 905. The highest BCUT2D eigenvalue weighted by Crippen LogP contribution is 2.35. The number of alkyl halides is 2. The molecular weight excluding hydrogens is 361 g/mol. The molecule has 10 heteroatoms. The number of anilines is 1. The SMILES string of the molecule is Nc1nc2nc(SCc3ccc(C(F)(F)P)cc3)[nH]c(=O)c2s1. The van der Waals surface area contributed by atoms with E-state index in [0.29, 0.717) is 21.3 Å². The maximum absolute atomic E-state index is 13.1. The van der Waals surface area contributed by atoms with Gasteiger partial charge in [0.15, 0.2) is 15.9 Å². The van der Waals surface area contributed by atoms with Gasteiger partial charge >= 0.3 is 0 Å². The topological polar surface area (TPSA) is 84.7 Å². The predicted octanol–water partition coefficient (Wildman–Crippen LogP) is 3.18. The molecule has 2 aromatic heterocycles. The summed E-state index contributed by atoms with van der Waals surface area (Å²) in [6.07, 6.45) is 0. The molecule has 0 spiro atoms. The zero-order valence-corrected chi connectivity index (χ0v) is 14.3. The average Bonchev–Trinajstić information content (AvgIpc) is 2.86. The highest BCUT2D eigenvalue weighted by Gasteiger charge is 2.23. The second kappa shape index (κ2) is 6.14. The standard InChI is InChI=1S/C13H11F2N4OPS2/c14-13(15,21)7-3-1-6(2-4-7)5-22-12-18-9-8(10(20)19-12)23-11(16)17-9/h1-4H,5,21H2,(H3,16,17,18,19,20). The van der Waals surface area contributed by atoms with Gasteiger partial charge in [-0.15, -0.1) is 0 Å². The van der Waals surface area contributed by atoms with Crippen LogP contribution in [0.5, 0.6) is 0 Å². The van der Waals surface area contributed by atoms with Crippen molar-refractivity contribution in [3.63, 3.8) is 0 Å². The van der Waals surface area contributed by atoms with Gasteiger partial charge in [-0.05, 0) is 5.56 Å². The van der Waals surface area contributed by atoms with Crippen LogP contribution in [0, 0.1) is 0 Å². The Kier molecular flexibility index (Phi) is 4.35. The summed E-state index contributed by atoms with van der Waals surface area (Å²) < 4.78 is 26.6. The number of aromatic amines is 1. The molecule has 1 aromatic carbocycles. The minimum Gasteiger partial charge on any atom is -0.375 e. The summed E-state index contributed by atoms with van der Waals surface area (Å²) in [6, 6.07) is 6.00. The second-order valence-corrected chi connectivity index (χ2v) is 7.40. The molecule has 0 aliphatic rings. The Morgan fingerprint density at radius 3 is 2.65 bits per heavy atom. The molecule has 3 aromatic rings. The Labute approximate surface area is 139 Å². The number of fused-ring (bicyclic) bond motifs is 1. The van der Waals surface area contributed by atoms with Crippen LogP contribution in [0.25, 0.3) is 10.3 Å². The van der Waals surface area contributed by atoms with Gasteiger partial charge in [0, 0.05) is 11.3 Å². The zero-order valence-electron chi connectivity index (χ0n) is 11.5. The van der Waals surface area contributed by atoms with Gasteiger partial charge in [-0.1, -0.05) is 56.6 Å². The number of benzene rings is 1. The van der Waals surface area contributed by atoms with E-state index in [-0.39, 0.29) is 16.3 Å². The maximum atomic E-state index is 13.1. The van der Waals surface area contributed by atoms with Gasteiger partial charge in [-0.2, -0.15) is 8.78 Å². The number of H-pyrrole nitrogens is 1. The quantitative estimate of drug-likeness (QED) is 0.417. The fourth-order valence-corrected chi connectivity index (χ4v) is 3.54. The van der Waals surface area contributed by atoms with E-state index in [1.165, 1.54) is 33.1 Å². The largest absolute Gasteiger partial charge is 0.375 e. The molecule has 0 fully saturated rings. The number of halogens is 2. The number of hydrogen-bond acceptors (Lipinski definition) is 6. The third-order valence-corrected chi connectivity index (χ3v) is 5.12. The molecular formula is C13H11F2N4OPS2. The maximum Gasteiger partial charge on any atom is 0.283 e. The average molecular weight is 372 g/mol. The molecule has 0 aliphatic heterocycles. The summed E-state index contributed by atoms with van der Waals surface area (Å²) >= 11 is 2.37. The van der Waals surface area contributed by atoms with Gasteiger partial charge in [-0.25, -0.2) is 9.97 Å². The van der Waals surface area contributed by atoms with Crippen LogP contribution in [0.1, 0.15) is 11.1 Å². The van der Waals surface area contributed by atoms with Crippen molar-refractivity contribution in [3.05, 3.63) is 45.7 Å².